The van der Waals surface area contributed by atoms with Crippen molar-refractivity contribution in [3.8, 4) is 0 Å². The number of hydrogen-bond donors (Lipinski definition) is 1. The van der Waals surface area contributed by atoms with Gasteiger partial charge in [-0.1, -0.05) is 19.3 Å². The van der Waals surface area contributed by atoms with Crippen molar-refractivity contribution in [2.75, 3.05) is 18.0 Å². The van der Waals surface area contributed by atoms with Crippen molar-refractivity contribution in [3.63, 3.8) is 0 Å². The zero-order chi connectivity index (χ0) is 18.8. The van der Waals surface area contributed by atoms with Crippen LogP contribution < -0.4 is 15.6 Å². The van der Waals surface area contributed by atoms with Crippen LogP contribution in [-0.2, 0) is 6.54 Å². The average Bonchev–Trinajstić information content (AvgIpc) is 3.23. The van der Waals surface area contributed by atoms with Crippen LogP contribution in [-0.4, -0.2) is 39.6 Å². The van der Waals surface area contributed by atoms with Gasteiger partial charge >= 0.3 is 0 Å². The average molecular weight is 369 g/mol. The largest absolute Gasteiger partial charge is 0.349 e. The molecule has 1 saturated heterocycles. The van der Waals surface area contributed by atoms with Crippen LogP contribution in [0.2, 0.25) is 0 Å². The number of aromatic nitrogens is 3. The second kappa shape index (κ2) is 7.66. The van der Waals surface area contributed by atoms with E-state index in [1.54, 1.807) is 12.4 Å². The lowest BCUT2D eigenvalue weighted by Gasteiger charge is -2.23. The van der Waals surface area contributed by atoms with Crippen molar-refractivity contribution in [1.29, 1.82) is 0 Å². The molecular formula is C20H27N5O2. The standard InChI is InChI=1S/C20H27N5O2/c1-2-24-13-16(19(27)22-14-8-4-3-5-9-14)17(26)15-12-21-20(23-18(15)24)25-10-6-7-11-25/h12-14H,2-11H2,1H3,(H,22,27). The lowest BCUT2D eigenvalue weighted by atomic mass is 9.95. The molecule has 2 aliphatic rings. The summed E-state index contributed by atoms with van der Waals surface area (Å²) in [5, 5.41) is 3.46. The maximum absolute atomic E-state index is 12.9. The molecule has 0 atom stereocenters. The van der Waals surface area contributed by atoms with E-state index in [0.29, 0.717) is 23.5 Å². The van der Waals surface area contributed by atoms with Gasteiger partial charge in [-0.2, -0.15) is 4.98 Å². The summed E-state index contributed by atoms with van der Waals surface area (Å²) < 4.78 is 1.88. The van der Waals surface area contributed by atoms with Gasteiger partial charge < -0.3 is 14.8 Å². The highest BCUT2D eigenvalue weighted by Crippen LogP contribution is 2.20. The molecule has 1 amide bonds. The number of aryl methyl sites for hydroxylation is 1. The third-order valence-electron chi connectivity index (χ3n) is 5.72. The number of anilines is 1. The monoisotopic (exact) mass is 369 g/mol. The number of rotatable bonds is 4. The Morgan fingerprint density at radius 2 is 1.93 bits per heavy atom. The number of carbonyl (C=O) groups is 1. The van der Waals surface area contributed by atoms with E-state index in [4.69, 9.17) is 0 Å². The summed E-state index contributed by atoms with van der Waals surface area (Å²) in [6.45, 7) is 4.52. The minimum absolute atomic E-state index is 0.171. The number of pyridine rings is 1. The van der Waals surface area contributed by atoms with E-state index in [2.05, 4.69) is 20.2 Å². The van der Waals surface area contributed by atoms with Gasteiger partial charge in [-0.15, -0.1) is 0 Å². The molecule has 7 heteroatoms. The number of carbonyl (C=O) groups excluding carboxylic acids is 1. The fourth-order valence-corrected chi connectivity index (χ4v) is 4.15. The van der Waals surface area contributed by atoms with Crippen LogP contribution in [0.5, 0.6) is 0 Å². The Kier molecular flexibility index (Phi) is 5.09. The lowest BCUT2D eigenvalue weighted by molar-refractivity contribution is 0.0926. The highest BCUT2D eigenvalue weighted by Gasteiger charge is 2.22. The molecule has 0 unspecified atom stereocenters. The van der Waals surface area contributed by atoms with Gasteiger partial charge in [0.2, 0.25) is 11.4 Å². The van der Waals surface area contributed by atoms with Gasteiger partial charge in [-0.25, -0.2) is 4.98 Å². The van der Waals surface area contributed by atoms with Crippen molar-refractivity contribution in [2.45, 2.75) is 64.5 Å². The predicted octanol–water partition coefficient (Wildman–Crippen LogP) is 2.47. The second-order valence-corrected chi connectivity index (χ2v) is 7.57. The summed E-state index contributed by atoms with van der Waals surface area (Å²) in [4.78, 5) is 36.9. The van der Waals surface area contributed by atoms with Crippen molar-refractivity contribution in [1.82, 2.24) is 19.9 Å². The molecule has 2 aromatic rings. The Hall–Kier alpha value is -2.44. The third-order valence-corrected chi connectivity index (χ3v) is 5.72. The van der Waals surface area contributed by atoms with Crippen LogP contribution in [0.4, 0.5) is 5.95 Å². The van der Waals surface area contributed by atoms with Crippen LogP contribution >= 0.6 is 0 Å². The van der Waals surface area contributed by atoms with Crippen molar-refractivity contribution < 1.29 is 4.79 Å². The Labute approximate surface area is 158 Å². The van der Waals surface area contributed by atoms with Crippen molar-refractivity contribution in [2.24, 2.45) is 0 Å². The van der Waals surface area contributed by atoms with Gasteiger partial charge in [-0.3, -0.25) is 9.59 Å². The number of nitrogens with one attached hydrogen (secondary N) is 1. The lowest BCUT2D eigenvalue weighted by Crippen LogP contribution is -2.38. The first-order valence-corrected chi connectivity index (χ1v) is 10.1. The number of hydrogen-bond acceptors (Lipinski definition) is 5. The predicted molar refractivity (Wildman–Crippen MR) is 105 cm³/mol. The summed E-state index contributed by atoms with van der Waals surface area (Å²) in [7, 11) is 0. The fourth-order valence-electron chi connectivity index (χ4n) is 4.15. The Morgan fingerprint density at radius 1 is 1.19 bits per heavy atom. The maximum atomic E-state index is 12.9. The smallest absolute Gasteiger partial charge is 0.256 e. The van der Waals surface area contributed by atoms with Gasteiger partial charge in [-0.05, 0) is 32.6 Å². The molecule has 1 aliphatic heterocycles. The summed E-state index contributed by atoms with van der Waals surface area (Å²) in [6.07, 6.45) is 11.0. The van der Waals surface area contributed by atoms with E-state index in [1.807, 2.05) is 11.5 Å². The molecule has 7 nitrogen and oxygen atoms in total. The van der Waals surface area contributed by atoms with Crippen LogP contribution in [0.25, 0.3) is 11.0 Å². The molecule has 2 fully saturated rings. The van der Waals surface area contributed by atoms with E-state index in [0.717, 1.165) is 51.6 Å². The molecule has 0 bridgehead atoms. The molecule has 0 aromatic carbocycles. The molecule has 3 heterocycles. The molecule has 0 spiro atoms. The molecule has 27 heavy (non-hydrogen) atoms. The molecule has 144 valence electrons. The van der Waals surface area contributed by atoms with Crippen molar-refractivity contribution in [3.05, 3.63) is 28.2 Å². The summed E-state index contributed by atoms with van der Waals surface area (Å²) in [6, 6.07) is 0.171. The summed E-state index contributed by atoms with van der Waals surface area (Å²) in [5.41, 5.74) is 0.511. The molecule has 1 N–H and O–H groups in total. The van der Waals surface area contributed by atoms with Gasteiger partial charge in [0.05, 0.1) is 5.39 Å². The van der Waals surface area contributed by atoms with Gasteiger partial charge in [0.15, 0.2) is 0 Å². The molecule has 2 aromatic heterocycles. The van der Waals surface area contributed by atoms with Gasteiger partial charge in [0.1, 0.15) is 11.2 Å². The maximum Gasteiger partial charge on any atom is 0.256 e. The number of nitrogens with zero attached hydrogens (tertiary/aromatic N) is 4. The number of amides is 1. The fraction of sp³-hybridized carbons (Fsp3) is 0.600. The zero-order valence-electron chi connectivity index (χ0n) is 15.9. The van der Waals surface area contributed by atoms with E-state index >= 15 is 0 Å². The molecule has 1 aliphatic carbocycles. The topological polar surface area (TPSA) is 80.1 Å². The van der Waals surface area contributed by atoms with Crippen LogP contribution in [0.3, 0.4) is 0 Å². The molecular weight excluding hydrogens is 342 g/mol. The van der Waals surface area contributed by atoms with Crippen molar-refractivity contribution >= 4 is 22.9 Å². The normalized spacial score (nSPS) is 18.2. The summed E-state index contributed by atoms with van der Waals surface area (Å²) >= 11 is 0. The van der Waals surface area contributed by atoms with E-state index in [9.17, 15) is 9.59 Å². The Balaban J connectivity index is 1.69. The number of fused-ring (bicyclic) bond motifs is 1. The Morgan fingerprint density at radius 3 is 2.63 bits per heavy atom. The van der Waals surface area contributed by atoms with Crippen LogP contribution in [0.1, 0.15) is 62.2 Å². The highest BCUT2D eigenvalue weighted by molar-refractivity contribution is 5.97. The Bertz CT molecular complexity index is 895. The zero-order valence-corrected chi connectivity index (χ0v) is 15.9. The second-order valence-electron chi connectivity index (χ2n) is 7.57. The van der Waals surface area contributed by atoms with E-state index in [-0.39, 0.29) is 22.9 Å². The third kappa shape index (κ3) is 3.55. The molecule has 4 rings (SSSR count). The minimum atomic E-state index is -0.281. The first kappa shape index (κ1) is 17.9. The van der Waals surface area contributed by atoms with Gasteiger partial charge in [0, 0.05) is 38.1 Å². The minimum Gasteiger partial charge on any atom is -0.349 e. The first-order chi connectivity index (χ1) is 13.2. The summed E-state index contributed by atoms with van der Waals surface area (Å²) in [5.74, 6) is 0.389. The van der Waals surface area contributed by atoms with E-state index < -0.39 is 0 Å². The molecule has 1 saturated carbocycles. The van der Waals surface area contributed by atoms with Crippen LogP contribution in [0.15, 0.2) is 17.2 Å². The van der Waals surface area contributed by atoms with E-state index in [1.165, 1.54) is 6.42 Å². The van der Waals surface area contributed by atoms with Crippen LogP contribution in [0, 0.1) is 0 Å². The quantitative estimate of drug-likeness (QED) is 0.895. The first-order valence-electron chi connectivity index (χ1n) is 10.1. The SMILES string of the molecule is CCn1cc(C(=O)NC2CCCCC2)c(=O)c2cnc(N3CCCC3)nc21. The highest BCUT2D eigenvalue weighted by atomic mass is 16.2. The van der Waals surface area contributed by atoms with Gasteiger partial charge in [0.25, 0.3) is 5.91 Å². The molecule has 0 radical (unpaired) electrons.